The number of aromatic amines is 1. The summed E-state index contributed by atoms with van der Waals surface area (Å²) in [5.41, 5.74) is -2.89. The van der Waals surface area contributed by atoms with Crippen LogP contribution in [-0.2, 0) is 13.6 Å². The van der Waals surface area contributed by atoms with Crippen molar-refractivity contribution < 1.29 is 23.1 Å². The Morgan fingerprint density at radius 2 is 1.67 bits per heavy atom. The first kappa shape index (κ1) is 28.1. The summed E-state index contributed by atoms with van der Waals surface area (Å²) < 4.78 is 36.0. The number of halogens is 1. The van der Waals surface area contributed by atoms with Crippen molar-refractivity contribution in [1.29, 1.82) is 0 Å². The Morgan fingerprint density at radius 3 is 2.12 bits per heavy atom. The average Bonchev–Trinajstić information content (AvgIpc) is 2.91. The molecule has 2 N–H and O–H groups in total. The lowest BCUT2D eigenvalue weighted by molar-refractivity contribution is -0.145. The zero-order valence-electron chi connectivity index (χ0n) is 21.6. The molecule has 0 saturated carbocycles. The predicted molar refractivity (Wildman–Crippen MR) is 131 cm³/mol. The summed E-state index contributed by atoms with van der Waals surface area (Å²) in [6.07, 6.45) is -3.10. The van der Waals surface area contributed by atoms with Crippen LogP contribution < -0.4 is 11.2 Å². The summed E-state index contributed by atoms with van der Waals surface area (Å²) in [5, 5.41) is 10.2. The maximum atomic E-state index is 16.0. The molecular formula is C22H41FN2O6Si2. The molecule has 0 bridgehead atoms. The highest BCUT2D eigenvalue weighted by Crippen LogP contribution is 2.47. The smallest absolute Gasteiger partial charge is 0.330 e. The Balaban J connectivity index is 2.54. The van der Waals surface area contributed by atoms with Gasteiger partial charge in [-0.3, -0.25) is 14.3 Å². The van der Waals surface area contributed by atoms with E-state index in [1.165, 1.54) is 6.20 Å². The molecule has 0 aromatic carbocycles. The van der Waals surface area contributed by atoms with E-state index >= 15 is 4.39 Å². The first-order valence-corrected chi connectivity index (χ1v) is 17.2. The van der Waals surface area contributed by atoms with E-state index in [4.69, 9.17) is 13.6 Å². The largest absolute Gasteiger partial charge is 0.414 e. The van der Waals surface area contributed by atoms with Gasteiger partial charge in [0.2, 0.25) is 0 Å². The number of aliphatic hydroxyl groups is 1. The van der Waals surface area contributed by atoms with Crippen molar-refractivity contribution in [2.75, 3.05) is 13.2 Å². The summed E-state index contributed by atoms with van der Waals surface area (Å²) in [4.78, 5) is 26.1. The summed E-state index contributed by atoms with van der Waals surface area (Å²) in [6, 6.07) is 1.13. The lowest BCUT2D eigenvalue weighted by atomic mass is 9.98. The van der Waals surface area contributed by atoms with E-state index in [2.05, 4.69) is 38.8 Å². The number of hydrogen-bond donors (Lipinski definition) is 2. The maximum absolute atomic E-state index is 16.0. The van der Waals surface area contributed by atoms with Gasteiger partial charge in [-0.1, -0.05) is 41.5 Å². The molecule has 1 aromatic heterocycles. The number of nitrogens with one attached hydrogen (secondary N) is 1. The third-order valence-corrected chi connectivity index (χ3v) is 16.5. The third kappa shape index (κ3) is 5.59. The van der Waals surface area contributed by atoms with Crippen molar-refractivity contribution in [3.63, 3.8) is 0 Å². The van der Waals surface area contributed by atoms with Gasteiger partial charge in [-0.15, -0.1) is 0 Å². The molecular weight excluding hydrogens is 463 g/mol. The molecule has 1 aliphatic heterocycles. The number of nitrogens with zero attached hydrogens (tertiary/aromatic N) is 1. The third-order valence-electron chi connectivity index (χ3n) is 7.54. The molecule has 33 heavy (non-hydrogen) atoms. The Hall–Kier alpha value is -1.12. The van der Waals surface area contributed by atoms with E-state index in [0.29, 0.717) is 0 Å². The number of H-pyrrole nitrogens is 1. The van der Waals surface area contributed by atoms with Crippen molar-refractivity contribution >= 4 is 16.6 Å². The fourth-order valence-corrected chi connectivity index (χ4v) is 5.50. The molecule has 1 aliphatic rings. The van der Waals surface area contributed by atoms with Gasteiger partial charge in [-0.05, 0) is 36.3 Å². The van der Waals surface area contributed by atoms with E-state index in [-0.39, 0.29) is 16.7 Å². The van der Waals surface area contributed by atoms with Crippen molar-refractivity contribution in [2.24, 2.45) is 0 Å². The molecule has 1 fully saturated rings. The Kier molecular flexibility index (Phi) is 7.80. The summed E-state index contributed by atoms with van der Waals surface area (Å²) in [5.74, 6) is 0. The second kappa shape index (κ2) is 9.16. The SMILES string of the molecule is CC(C)(C)[Si](C)(C)OC[C@@]1(CO)O[C@@H](n2ccc(=O)[nH]c2=O)[C@H](F)[C@@H]1O[Si](C)(C)C(C)(C)C. The predicted octanol–water partition coefficient (Wildman–Crippen LogP) is 3.55. The van der Waals surface area contributed by atoms with Crippen LogP contribution in [0.4, 0.5) is 4.39 Å². The maximum Gasteiger partial charge on any atom is 0.330 e. The van der Waals surface area contributed by atoms with Crippen LogP contribution >= 0.6 is 0 Å². The van der Waals surface area contributed by atoms with Gasteiger partial charge in [0.05, 0.1) is 13.2 Å². The van der Waals surface area contributed by atoms with E-state index in [1.807, 2.05) is 33.9 Å². The standard InChI is InChI=1S/C22H41FN2O6Si2/c1-20(2,3)32(7,8)29-14-22(13-26)17(31-33(9,10)21(4,5)6)16(23)18(30-22)25-12-11-15(27)24-19(25)28/h11-12,16-18,26H,13-14H2,1-10H3,(H,24,27,28)/t16-,17+,18-,22-/m1/s1. The fourth-order valence-electron chi connectivity index (χ4n) is 3.12. The van der Waals surface area contributed by atoms with E-state index in [1.54, 1.807) is 0 Å². The number of aliphatic hydroxyl groups excluding tert-OH is 1. The van der Waals surface area contributed by atoms with Gasteiger partial charge in [-0.25, -0.2) is 9.18 Å². The minimum atomic E-state index is -2.50. The van der Waals surface area contributed by atoms with Crippen LogP contribution in [0, 0.1) is 0 Å². The molecule has 2 heterocycles. The van der Waals surface area contributed by atoms with Gasteiger partial charge in [0.15, 0.2) is 29.0 Å². The topological polar surface area (TPSA) is 103 Å². The first-order valence-electron chi connectivity index (χ1n) is 11.3. The molecule has 11 heteroatoms. The molecule has 0 aliphatic carbocycles. The number of aromatic nitrogens is 2. The summed E-state index contributed by atoms with van der Waals surface area (Å²) >= 11 is 0. The molecule has 0 spiro atoms. The van der Waals surface area contributed by atoms with Crippen LogP contribution in [0.15, 0.2) is 21.9 Å². The molecule has 1 aromatic rings. The average molecular weight is 505 g/mol. The van der Waals surface area contributed by atoms with Gasteiger partial charge >= 0.3 is 5.69 Å². The van der Waals surface area contributed by atoms with Crippen molar-refractivity contribution in [3.8, 4) is 0 Å². The quantitative estimate of drug-likeness (QED) is 0.551. The minimum absolute atomic E-state index is 0.0751. The van der Waals surface area contributed by atoms with Crippen molar-refractivity contribution in [3.05, 3.63) is 33.1 Å². The second-order valence-electron chi connectivity index (χ2n) is 12.0. The Bertz CT molecular complexity index is 950. The van der Waals surface area contributed by atoms with Crippen molar-refractivity contribution in [2.45, 2.75) is 102 Å². The van der Waals surface area contributed by atoms with Crippen LogP contribution in [0.1, 0.15) is 47.8 Å². The van der Waals surface area contributed by atoms with Crippen molar-refractivity contribution in [1.82, 2.24) is 9.55 Å². The molecule has 8 nitrogen and oxygen atoms in total. The highest BCUT2D eigenvalue weighted by molar-refractivity contribution is 6.74. The molecule has 190 valence electrons. The fraction of sp³-hybridized carbons (Fsp3) is 0.818. The van der Waals surface area contributed by atoms with Crippen LogP contribution in [0.25, 0.3) is 0 Å². The molecule has 4 atom stereocenters. The zero-order valence-corrected chi connectivity index (χ0v) is 23.6. The molecule has 1 saturated heterocycles. The van der Waals surface area contributed by atoms with E-state index in [0.717, 1.165) is 10.6 Å². The van der Waals surface area contributed by atoms with Gasteiger partial charge in [-0.2, -0.15) is 0 Å². The molecule has 0 radical (unpaired) electrons. The van der Waals surface area contributed by atoms with Gasteiger partial charge in [0, 0.05) is 12.3 Å². The monoisotopic (exact) mass is 504 g/mol. The number of rotatable bonds is 7. The lowest BCUT2D eigenvalue weighted by Gasteiger charge is -2.44. The van der Waals surface area contributed by atoms with Gasteiger partial charge < -0.3 is 18.7 Å². The lowest BCUT2D eigenvalue weighted by Crippen LogP contribution is -2.58. The normalized spacial score (nSPS) is 27.2. The van der Waals surface area contributed by atoms with E-state index in [9.17, 15) is 14.7 Å². The summed E-state index contributed by atoms with van der Waals surface area (Å²) in [7, 11) is -4.78. The Labute approximate surface area is 197 Å². The molecule has 0 amide bonds. The highest BCUT2D eigenvalue weighted by atomic mass is 28.4. The van der Waals surface area contributed by atoms with Crippen LogP contribution in [0.3, 0.4) is 0 Å². The minimum Gasteiger partial charge on any atom is -0.414 e. The Morgan fingerprint density at radius 1 is 1.12 bits per heavy atom. The molecule has 2 rings (SSSR count). The number of alkyl halides is 1. The van der Waals surface area contributed by atoms with Crippen LogP contribution in [-0.4, -0.2) is 62.4 Å². The van der Waals surface area contributed by atoms with Gasteiger partial charge in [0.1, 0.15) is 11.7 Å². The summed E-state index contributed by atoms with van der Waals surface area (Å²) in [6.45, 7) is 19.9. The molecule has 0 unspecified atom stereocenters. The highest BCUT2D eigenvalue weighted by Gasteiger charge is 2.60. The number of ether oxygens (including phenoxy) is 1. The first-order chi connectivity index (χ1) is 14.8. The number of hydrogen-bond acceptors (Lipinski definition) is 6. The van der Waals surface area contributed by atoms with E-state index < -0.39 is 58.6 Å². The van der Waals surface area contributed by atoms with Crippen LogP contribution in [0.5, 0.6) is 0 Å². The second-order valence-corrected chi connectivity index (χ2v) is 21.6. The van der Waals surface area contributed by atoms with Gasteiger partial charge in [0.25, 0.3) is 5.56 Å². The zero-order chi connectivity index (χ0) is 25.6. The van der Waals surface area contributed by atoms with Crippen LogP contribution in [0.2, 0.25) is 36.3 Å².